The first kappa shape index (κ1) is 16.5. The van der Waals surface area contributed by atoms with Gasteiger partial charge < -0.3 is 15.3 Å². The van der Waals surface area contributed by atoms with Crippen molar-refractivity contribution in [2.75, 3.05) is 13.1 Å². The van der Waals surface area contributed by atoms with Crippen LogP contribution in [0.3, 0.4) is 0 Å². The number of urea groups is 1. The molecule has 9 heteroatoms. The van der Waals surface area contributed by atoms with E-state index in [9.17, 15) is 14.7 Å². The van der Waals surface area contributed by atoms with Crippen molar-refractivity contribution in [2.45, 2.75) is 25.8 Å². The Kier molecular flexibility index (Phi) is 4.06. The molecule has 136 valence electrons. The lowest BCUT2D eigenvalue weighted by Crippen LogP contribution is -2.41. The standard InChI is InChI=1S/C17H20N6O3/c24-15(25)17-6-3-4-11(17)9-23(10-17)16(26)19-8-13-20-14(22-21-13)12-5-1-2-7-18-12/h1-2,5,7,11H,3-4,6,8-10H2,(H,19,26)(H,24,25)(H,20,21,22)/t11-,17+/m0/s1. The molecule has 2 amide bonds. The van der Waals surface area contributed by atoms with Gasteiger partial charge in [0.15, 0.2) is 5.82 Å². The van der Waals surface area contributed by atoms with E-state index in [1.165, 1.54) is 0 Å². The van der Waals surface area contributed by atoms with Gasteiger partial charge in [-0.3, -0.25) is 14.9 Å². The van der Waals surface area contributed by atoms with Gasteiger partial charge in [0.1, 0.15) is 11.5 Å². The fraction of sp³-hybridized carbons (Fsp3) is 0.471. The van der Waals surface area contributed by atoms with Crippen LogP contribution in [-0.4, -0.2) is 55.3 Å². The van der Waals surface area contributed by atoms with Crippen molar-refractivity contribution < 1.29 is 14.7 Å². The molecular formula is C17H20N6O3. The first-order valence-corrected chi connectivity index (χ1v) is 8.67. The van der Waals surface area contributed by atoms with Crippen molar-refractivity contribution in [3.63, 3.8) is 0 Å². The van der Waals surface area contributed by atoms with Crippen molar-refractivity contribution in [3.8, 4) is 11.5 Å². The van der Waals surface area contributed by atoms with Crippen LogP contribution in [0.4, 0.5) is 4.79 Å². The van der Waals surface area contributed by atoms with Gasteiger partial charge in [-0.25, -0.2) is 9.78 Å². The Morgan fingerprint density at radius 2 is 2.31 bits per heavy atom. The maximum Gasteiger partial charge on any atom is 0.317 e. The molecule has 3 N–H and O–H groups in total. The molecule has 9 nitrogen and oxygen atoms in total. The summed E-state index contributed by atoms with van der Waals surface area (Å²) < 4.78 is 0. The van der Waals surface area contributed by atoms with E-state index in [-0.39, 0.29) is 25.0 Å². The fourth-order valence-electron chi connectivity index (χ4n) is 4.05. The smallest absolute Gasteiger partial charge is 0.317 e. The Morgan fingerprint density at radius 1 is 1.42 bits per heavy atom. The van der Waals surface area contributed by atoms with Crippen molar-refractivity contribution in [1.82, 2.24) is 30.4 Å². The number of fused-ring (bicyclic) bond motifs is 1. The number of pyridine rings is 1. The third-order valence-electron chi connectivity index (χ3n) is 5.42. The number of aromatic nitrogens is 4. The lowest BCUT2D eigenvalue weighted by molar-refractivity contribution is -0.149. The van der Waals surface area contributed by atoms with E-state index in [1.807, 2.05) is 12.1 Å². The third-order valence-corrected chi connectivity index (χ3v) is 5.42. The SMILES string of the molecule is O=C(NCc1nc(-c2ccccn2)n[nH]1)N1C[C@@H]2CCC[C@@]2(C(=O)O)C1. The summed E-state index contributed by atoms with van der Waals surface area (Å²) in [5.41, 5.74) is -0.118. The van der Waals surface area contributed by atoms with Crippen LogP contribution in [0, 0.1) is 11.3 Å². The second kappa shape index (κ2) is 6.40. The van der Waals surface area contributed by atoms with Crippen molar-refractivity contribution >= 4 is 12.0 Å². The number of carbonyl (C=O) groups excluding carboxylic acids is 1. The second-order valence-corrected chi connectivity index (χ2v) is 6.91. The summed E-state index contributed by atoms with van der Waals surface area (Å²) in [6, 6.07) is 5.20. The molecule has 1 aliphatic carbocycles. The number of aliphatic carboxylic acids is 1. The minimum atomic E-state index is -0.787. The summed E-state index contributed by atoms with van der Waals surface area (Å²) >= 11 is 0. The Balaban J connectivity index is 1.37. The van der Waals surface area contributed by atoms with Crippen LogP contribution in [0.2, 0.25) is 0 Å². The average molecular weight is 356 g/mol. The number of hydrogen-bond donors (Lipinski definition) is 3. The number of hydrogen-bond acceptors (Lipinski definition) is 5. The van der Waals surface area contributed by atoms with Crippen LogP contribution in [-0.2, 0) is 11.3 Å². The predicted octanol–water partition coefficient (Wildman–Crippen LogP) is 1.26. The first-order valence-electron chi connectivity index (χ1n) is 8.67. The van der Waals surface area contributed by atoms with E-state index in [4.69, 9.17) is 0 Å². The van der Waals surface area contributed by atoms with Gasteiger partial charge in [-0.1, -0.05) is 12.5 Å². The molecule has 0 spiro atoms. The highest BCUT2D eigenvalue weighted by atomic mass is 16.4. The lowest BCUT2D eigenvalue weighted by Gasteiger charge is -2.23. The molecule has 1 saturated carbocycles. The van der Waals surface area contributed by atoms with Crippen LogP contribution in [0.15, 0.2) is 24.4 Å². The predicted molar refractivity (Wildman–Crippen MR) is 90.8 cm³/mol. The number of aromatic amines is 1. The normalized spacial score (nSPS) is 24.5. The number of H-pyrrole nitrogens is 1. The largest absolute Gasteiger partial charge is 0.481 e. The molecular weight excluding hydrogens is 336 g/mol. The van der Waals surface area contributed by atoms with Crippen LogP contribution in [0.25, 0.3) is 11.5 Å². The molecule has 26 heavy (non-hydrogen) atoms. The Morgan fingerprint density at radius 3 is 3.04 bits per heavy atom. The highest BCUT2D eigenvalue weighted by Gasteiger charge is 2.55. The molecule has 0 unspecified atom stereocenters. The maximum absolute atomic E-state index is 12.4. The average Bonchev–Trinajstić information content (AvgIpc) is 3.34. The highest BCUT2D eigenvalue weighted by molar-refractivity contribution is 5.80. The topological polar surface area (TPSA) is 124 Å². The molecule has 2 atom stereocenters. The quantitative estimate of drug-likeness (QED) is 0.758. The number of carboxylic acid groups (broad SMARTS) is 1. The van der Waals surface area contributed by atoms with Gasteiger partial charge in [0.05, 0.1) is 12.0 Å². The Hall–Kier alpha value is -2.97. The number of carbonyl (C=O) groups is 2. The molecule has 4 rings (SSSR count). The summed E-state index contributed by atoms with van der Waals surface area (Å²) in [4.78, 5) is 34.2. The lowest BCUT2D eigenvalue weighted by atomic mass is 9.81. The third kappa shape index (κ3) is 2.79. The van der Waals surface area contributed by atoms with Gasteiger partial charge in [-0.2, -0.15) is 5.10 Å². The van der Waals surface area contributed by atoms with E-state index in [0.717, 1.165) is 12.8 Å². The molecule has 1 saturated heterocycles. The highest BCUT2D eigenvalue weighted by Crippen LogP contribution is 2.48. The summed E-state index contributed by atoms with van der Waals surface area (Å²) in [6.45, 7) is 0.960. The molecule has 2 fully saturated rings. The molecule has 2 aromatic heterocycles. The summed E-state index contributed by atoms with van der Waals surface area (Å²) in [5.74, 6) is 0.249. The molecule has 0 bridgehead atoms. The molecule has 2 aliphatic rings. The van der Waals surface area contributed by atoms with Crippen molar-refractivity contribution in [1.29, 1.82) is 0 Å². The van der Waals surface area contributed by atoms with E-state index in [0.29, 0.717) is 30.3 Å². The van der Waals surface area contributed by atoms with Crippen molar-refractivity contribution in [3.05, 3.63) is 30.2 Å². The fourth-order valence-corrected chi connectivity index (χ4v) is 4.05. The molecule has 3 heterocycles. The van der Waals surface area contributed by atoms with Gasteiger partial charge in [-0.15, -0.1) is 0 Å². The number of amides is 2. The zero-order chi connectivity index (χ0) is 18.1. The number of likely N-dealkylation sites (tertiary alicyclic amines) is 1. The molecule has 0 radical (unpaired) electrons. The van der Waals surface area contributed by atoms with E-state index >= 15 is 0 Å². The van der Waals surface area contributed by atoms with Gasteiger partial charge >= 0.3 is 12.0 Å². The summed E-state index contributed by atoms with van der Waals surface area (Å²) in [5, 5.41) is 19.3. The Labute approximate surface area is 149 Å². The van der Waals surface area contributed by atoms with E-state index in [1.54, 1.807) is 17.2 Å². The van der Waals surface area contributed by atoms with Gasteiger partial charge in [0, 0.05) is 19.3 Å². The van der Waals surface area contributed by atoms with Crippen molar-refractivity contribution in [2.24, 2.45) is 11.3 Å². The van der Waals surface area contributed by atoms with E-state index < -0.39 is 11.4 Å². The van der Waals surface area contributed by atoms with Gasteiger partial charge in [-0.05, 0) is 30.9 Å². The van der Waals surface area contributed by atoms with Gasteiger partial charge in [0.25, 0.3) is 0 Å². The van der Waals surface area contributed by atoms with Crippen LogP contribution in [0.5, 0.6) is 0 Å². The second-order valence-electron chi connectivity index (χ2n) is 6.91. The summed E-state index contributed by atoms with van der Waals surface area (Å²) in [7, 11) is 0. The summed E-state index contributed by atoms with van der Waals surface area (Å²) in [6.07, 6.45) is 4.09. The van der Waals surface area contributed by atoms with Crippen LogP contribution >= 0.6 is 0 Å². The molecule has 2 aromatic rings. The number of nitrogens with one attached hydrogen (secondary N) is 2. The zero-order valence-corrected chi connectivity index (χ0v) is 14.2. The van der Waals surface area contributed by atoms with Crippen LogP contribution < -0.4 is 5.32 Å². The Bertz CT molecular complexity index is 823. The minimum Gasteiger partial charge on any atom is -0.481 e. The number of rotatable bonds is 4. The van der Waals surface area contributed by atoms with E-state index in [2.05, 4.69) is 25.5 Å². The first-order chi connectivity index (χ1) is 12.6. The van der Waals surface area contributed by atoms with Gasteiger partial charge in [0.2, 0.25) is 0 Å². The van der Waals surface area contributed by atoms with Crippen LogP contribution in [0.1, 0.15) is 25.1 Å². The number of carboxylic acids is 1. The maximum atomic E-state index is 12.4. The monoisotopic (exact) mass is 356 g/mol. The minimum absolute atomic E-state index is 0.0480. The number of nitrogens with zero attached hydrogens (tertiary/aromatic N) is 4. The molecule has 0 aromatic carbocycles. The molecule has 1 aliphatic heterocycles. The zero-order valence-electron chi connectivity index (χ0n) is 14.2.